The Labute approximate surface area is 118 Å². The number of hydrogen-bond acceptors (Lipinski definition) is 4. The molecule has 1 saturated heterocycles. The zero-order valence-electron chi connectivity index (χ0n) is 11.5. The lowest BCUT2D eigenvalue weighted by molar-refractivity contribution is 0.0783. The van der Waals surface area contributed by atoms with Crippen LogP contribution < -0.4 is 9.64 Å². The lowest BCUT2D eigenvalue weighted by Crippen LogP contribution is -2.52. The summed E-state index contributed by atoms with van der Waals surface area (Å²) in [7, 11) is 1.71. The van der Waals surface area contributed by atoms with Crippen LogP contribution in [-0.4, -0.2) is 38.0 Å². The van der Waals surface area contributed by atoms with E-state index in [9.17, 15) is 5.11 Å². The molecule has 0 spiro atoms. The molecule has 0 bridgehead atoms. The van der Waals surface area contributed by atoms with Crippen molar-refractivity contribution >= 4 is 17.3 Å². The van der Waals surface area contributed by atoms with Gasteiger partial charge in [-0.05, 0) is 26.0 Å². The Kier molecular flexibility index (Phi) is 4.55. The number of benzene rings is 1. The van der Waals surface area contributed by atoms with Gasteiger partial charge in [0.1, 0.15) is 5.75 Å². The highest BCUT2D eigenvalue weighted by Gasteiger charge is 2.30. The summed E-state index contributed by atoms with van der Waals surface area (Å²) in [5.41, 5.74) is 1.66. The van der Waals surface area contributed by atoms with Crippen molar-refractivity contribution in [3.63, 3.8) is 0 Å². The summed E-state index contributed by atoms with van der Waals surface area (Å²) >= 11 is 6.14. The highest BCUT2D eigenvalue weighted by Crippen LogP contribution is 2.40. The average molecular weight is 286 g/mol. The predicted molar refractivity (Wildman–Crippen MR) is 76.3 cm³/mol. The molecule has 1 aromatic carbocycles. The topological polar surface area (TPSA) is 41.9 Å². The third kappa shape index (κ3) is 2.96. The van der Waals surface area contributed by atoms with Gasteiger partial charge in [-0.1, -0.05) is 11.6 Å². The summed E-state index contributed by atoms with van der Waals surface area (Å²) in [6.45, 7) is 5.83. The molecule has 5 heteroatoms. The lowest BCUT2D eigenvalue weighted by Gasteiger charge is -2.41. The fourth-order valence-electron chi connectivity index (χ4n) is 2.23. The summed E-state index contributed by atoms with van der Waals surface area (Å²) in [6, 6.07) is 3.64. The molecule has 0 saturated carbocycles. The zero-order valence-corrected chi connectivity index (χ0v) is 12.3. The standard InChI is InChI=1S/C14H20ClNO3/c1-4-19-14-12(9(2)17)5-10(15)6-13(14)16-7-11(8-16)18-3/h5-6,9,11,17H,4,7-8H2,1-3H3. The van der Waals surface area contributed by atoms with Crippen LogP contribution in [0.25, 0.3) is 0 Å². The third-order valence-corrected chi connectivity index (χ3v) is 3.54. The number of hydrogen-bond donors (Lipinski definition) is 1. The molecule has 4 nitrogen and oxygen atoms in total. The van der Waals surface area contributed by atoms with Crippen LogP contribution >= 0.6 is 11.6 Å². The molecule has 1 N–H and O–H groups in total. The molecule has 1 atom stereocenters. The summed E-state index contributed by atoms with van der Waals surface area (Å²) in [5, 5.41) is 10.5. The van der Waals surface area contributed by atoms with Crippen molar-refractivity contribution in [1.29, 1.82) is 0 Å². The van der Waals surface area contributed by atoms with Crippen molar-refractivity contribution in [2.75, 3.05) is 31.7 Å². The molecule has 1 fully saturated rings. The second-order valence-corrected chi connectivity index (χ2v) is 5.15. The molecule has 1 aromatic rings. The van der Waals surface area contributed by atoms with Crippen LogP contribution in [0, 0.1) is 0 Å². The molecule has 0 radical (unpaired) electrons. The number of halogens is 1. The molecular formula is C14H20ClNO3. The van der Waals surface area contributed by atoms with E-state index in [2.05, 4.69) is 4.90 Å². The van der Waals surface area contributed by atoms with E-state index in [4.69, 9.17) is 21.1 Å². The quantitative estimate of drug-likeness (QED) is 0.903. The van der Waals surface area contributed by atoms with Gasteiger partial charge in [-0.2, -0.15) is 0 Å². The summed E-state index contributed by atoms with van der Waals surface area (Å²) in [5.74, 6) is 0.719. The molecule has 0 aliphatic carbocycles. The summed E-state index contributed by atoms with van der Waals surface area (Å²) in [4.78, 5) is 2.15. The molecule has 19 heavy (non-hydrogen) atoms. The molecule has 1 heterocycles. The molecule has 0 aromatic heterocycles. The monoisotopic (exact) mass is 285 g/mol. The van der Waals surface area contributed by atoms with Crippen LogP contribution in [0.4, 0.5) is 5.69 Å². The van der Waals surface area contributed by atoms with Gasteiger partial charge in [-0.25, -0.2) is 0 Å². The Morgan fingerprint density at radius 3 is 2.68 bits per heavy atom. The van der Waals surface area contributed by atoms with Crippen LogP contribution in [0.15, 0.2) is 12.1 Å². The third-order valence-electron chi connectivity index (χ3n) is 3.32. The molecule has 1 aliphatic heterocycles. The van der Waals surface area contributed by atoms with Crippen LogP contribution in [0.2, 0.25) is 5.02 Å². The van der Waals surface area contributed by atoms with E-state index in [0.717, 1.165) is 30.1 Å². The SMILES string of the molecule is CCOc1c(C(C)O)cc(Cl)cc1N1CC(OC)C1. The van der Waals surface area contributed by atoms with Gasteiger partial charge in [-0.15, -0.1) is 0 Å². The zero-order chi connectivity index (χ0) is 14.0. The minimum atomic E-state index is -0.613. The highest BCUT2D eigenvalue weighted by molar-refractivity contribution is 6.31. The van der Waals surface area contributed by atoms with Crippen molar-refractivity contribution in [1.82, 2.24) is 0 Å². The van der Waals surface area contributed by atoms with E-state index in [1.807, 2.05) is 13.0 Å². The summed E-state index contributed by atoms with van der Waals surface area (Å²) < 4.78 is 11.0. The number of rotatable bonds is 5. The van der Waals surface area contributed by atoms with Gasteiger partial charge in [0.25, 0.3) is 0 Å². The maximum absolute atomic E-state index is 9.87. The number of methoxy groups -OCH3 is 1. The average Bonchev–Trinajstić information content (AvgIpc) is 2.30. The second-order valence-electron chi connectivity index (χ2n) is 4.71. The lowest BCUT2D eigenvalue weighted by atomic mass is 10.0. The van der Waals surface area contributed by atoms with Gasteiger partial charge < -0.3 is 19.5 Å². The first-order valence-corrected chi connectivity index (χ1v) is 6.86. The Morgan fingerprint density at radius 2 is 2.16 bits per heavy atom. The van der Waals surface area contributed by atoms with Crippen LogP contribution in [0.3, 0.4) is 0 Å². The Hall–Kier alpha value is -0.970. The van der Waals surface area contributed by atoms with Gasteiger partial charge in [0.15, 0.2) is 0 Å². The molecule has 106 valence electrons. The Bertz CT molecular complexity index is 445. The second kappa shape index (κ2) is 5.99. The number of anilines is 1. The number of ether oxygens (including phenoxy) is 2. The largest absolute Gasteiger partial charge is 0.491 e. The van der Waals surface area contributed by atoms with E-state index < -0.39 is 6.10 Å². The predicted octanol–water partition coefficient (Wildman–Crippen LogP) is 2.63. The number of aliphatic hydroxyl groups excluding tert-OH is 1. The molecule has 1 aliphatic rings. The number of nitrogens with zero attached hydrogens (tertiary/aromatic N) is 1. The highest BCUT2D eigenvalue weighted by atomic mass is 35.5. The van der Waals surface area contributed by atoms with Crippen molar-refractivity contribution in [3.8, 4) is 5.75 Å². The first-order chi connectivity index (χ1) is 9.06. The molecule has 1 unspecified atom stereocenters. The van der Waals surface area contributed by atoms with E-state index in [-0.39, 0.29) is 6.10 Å². The minimum absolute atomic E-state index is 0.253. The maximum Gasteiger partial charge on any atom is 0.148 e. The maximum atomic E-state index is 9.87. The van der Waals surface area contributed by atoms with Gasteiger partial charge in [0.05, 0.1) is 24.5 Å². The molecule has 2 rings (SSSR count). The minimum Gasteiger partial charge on any atom is -0.491 e. The van der Waals surface area contributed by atoms with Gasteiger partial charge in [0.2, 0.25) is 0 Å². The first-order valence-electron chi connectivity index (χ1n) is 6.48. The van der Waals surface area contributed by atoms with E-state index in [0.29, 0.717) is 11.6 Å². The smallest absolute Gasteiger partial charge is 0.148 e. The normalized spacial score (nSPS) is 17.2. The van der Waals surface area contributed by atoms with Gasteiger partial charge in [0, 0.05) is 30.8 Å². The fraction of sp³-hybridized carbons (Fsp3) is 0.571. The number of aliphatic hydroxyl groups is 1. The fourth-order valence-corrected chi connectivity index (χ4v) is 2.45. The van der Waals surface area contributed by atoms with Crippen molar-refractivity contribution in [3.05, 3.63) is 22.7 Å². The van der Waals surface area contributed by atoms with Crippen molar-refractivity contribution in [2.45, 2.75) is 26.1 Å². The van der Waals surface area contributed by atoms with E-state index in [1.165, 1.54) is 0 Å². The van der Waals surface area contributed by atoms with Crippen LogP contribution in [-0.2, 0) is 4.74 Å². The Morgan fingerprint density at radius 1 is 1.47 bits per heavy atom. The van der Waals surface area contributed by atoms with E-state index in [1.54, 1.807) is 20.1 Å². The summed E-state index contributed by atoms with van der Waals surface area (Å²) in [6.07, 6.45) is -0.359. The van der Waals surface area contributed by atoms with Gasteiger partial charge in [-0.3, -0.25) is 0 Å². The van der Waals surface area contributed by atoms with Gasteiger partial charge >= 0.3 is 0 Å². The van der Waals surface area contributed by atoms with Crippen molar-refractivity contribution < 1.29 is 14.6 Å². The van der Waals surface area contributed by atoms with Crippen LogP contribution in [0.1, 0.15) is 25.5 Å². The first kappa shape index (κ1) is 14.4. The van der Waals surface area contributed by atoms with Crippen molar-refractivity contribution in [2.24, 2.45) is 0 Å². The molecule has 0 amide bonds. The molecular weight excluding hydrogens is 266 g/mol. The Balaban J connectivity index is 2.35. The van der Waals surface area contributed by atoms with E-state index >= 15 is 0 Å². The van der Waals surface area contributed by atoms with Crippen LogP contribution in [0.5, 0.6) is 5.75 Å².